The van der Waals surface area contributed by atoms with E-state index in [2.05, 4.69) is 150 Å². The first-order valence-electron chi connectivity index (χ1n) is 12.6. The minimum Gasteiger partial charge on any atom is -0.258 e. The van der Waals surface area contributed by atoms with Crippen molar-refractivity contribution in [2.75, 3.05) is 0 Å². The molecule has 0 saturated heterocycles. The summed E-state index contributed by atoms with van der Waals surface area (Å²) in [6, 6.07) is 48.2. The Labute approximate surface area is 248 Å². The molecule has 0 aliphatic carbocycles. The Morgan fingerprint density at radius 1 is 0.632 bits per heavy atom. The quantitative estimate of drug-likeness (QED) is 0.117. The van der Waals surface area contributed by atoms with Crippen molar-refractivity contribution in [2.45, 2.75) is 6.92 Å². The number of aromatic nitrogens is 2. The van der Waals surface area contributed by atoms with Gasteiger partial charge < -0.3 is 0 Å². The van der Waals surface area contributed by atoms with Gasteiger partial charge in [0.2, 0.25) is 5.82 Å². The number of para-hydroxylation sites is 3. The Hall–Kier alpha value is -3.59. The number of hydrogen-bond donors (Lipinski definition) is 0. The minimum absolute atomic E-state index is 0. The number of hydrogen-bond acceptors (Lipinski definition) is 0. The largest absolute Gasteiger partial charge is 0.258 e. The molecule has 7 rings (SSSR count). The van der Waals surface area contributed by atoms with E-state index in [0.717, 1.165) is 33.6 Å². The second-order valence-corrected chi connectivity index (χ2v) is 9.59. The fraction of sp³-hybridized carbons (Fsp3) is 0.0571. The molecule has 0 saturated carbocycles. The van der Waals surface area contributed by atoms with Gasteiger partial charge in [-0.05, 0) is 40.6 Å². The van der Waals surface area contributed by atoms with Gasteiger partial charge in [-0.15, -0.1) is 35.2 Å². The van der Waals surface area contributed by atoms with Gasteiger partial charge in [0.25, 0.3) is 0 Å². The summed E-state index contributed by atoms with van der Waals surface area (Å²) in [6.07, 6.45) is 0. The van der Waals surface area contributed by atoms with Gasteiger partial charge in [0.15, 0.2) is 11.0 Å². The summed E-state index contributed by atoms with van der Waals surface area (Å²) in [7, 11) is 2.14. The maximum absolute atomic E-state index is 3.79. The second-order valence-electron chi connectivity index (χ2n) is 9.59. The molecule has 179 valence electrons. The average Bonchev–Trinajstić information content (AvgIpc) is 3.25. The molecule has 3 heteroatoms. The van der Waals surface area contributed by atoms with Gasteiger partial charge in [-0.3, -0.25) is 4.57 Å². The Morgan fingerprint density at radius 3 is 2.21 bits per heavy atom. The van der Waals surface area contributed by atoms with E-state index < -0.39 is 0 Å². The first kappa shape index (κ1) is 24.7. The molecular weight excluding hydrogens is 537 g/mol. The van der Waals surface area contributed by atoms with E-state index in [1.54, 1.807) is 0 Å². The molecule has 0 unspecified atom stereocenters. The van der Waals surface area contributed by atoms with Crippen LogP contribution in [0.4, 0.5) is 0 Å². The Morgan fingerprint density at radius 2 is 1.34 bits per heavy atom. The molecule has 38 heavy (non-hydrogen) atoms. The van der Waals surface area contributed by atoms with Crippen LogP contribution in [0.25, 0.3) is 60.8 Å². The molecule has 0 bridgehead atoms. The number of fused-ring (bicyclic) bond motifs is 4. The number of rotatable bonds is 3. The monoisotopic (exact) mass is 562 g/mol. The van der Waals surface area contributed by atoms with Gasteiger partial charge >= 0.3 is 0 Å². The number of benzene rings is 6. The van der Waals surface area contributed by atoms with Gasteiger partial charge in [0.1, 0.15) is 5.69 Å². The van der Waals surface area contributed by atoms with Crippen LogP contribution in [-0.2, 0) is 39.8 Å². The molecule has 0 fully saturated rings. The number of imidazole rings is 1. The van der Waals surface area contributed by atoms with Gasteiger partial charge in [-0.25, -0.2) is 4.57 Å². The van der Waals surface area contributed by atoms with Crippen molar-refractivity contribution in [3.05, 3.63) is 133 Å². The fourth-order valence-corrected chi connectivity index (χ4v) is 5.48. The summed E-state index contributed by atoms with van der Waals surface area (Å²) in [5.74, 6) is 1.11. The smallest absolute Gasteiger partial charge is 0.229 e. The third-order valence-corrected chi connectivity index (χ3v) is 7.35. The SMILES string of the molecule is Cc1ccc(-c2[c-]c3ccc4ccccc4c3cc2)[c-]c1-c1n(-c2ccccc2)c2ccccc2[n+]1C.[Y]. The minimum atomic E-state index is 0. The van der Waals surface area contributed by atoms with Crippen LogP contribution in [0.1, 0.15) is 5.56 Å². The standard InChI is InChI=1S/C35H25N2.Y/c1-24-16-17-27(26-20-21-31-28(22-26)19-18-25-10-6-7-13-30(25)31)23-32(24)35-36(2)33-14-8-9-15-34(33)37(35)29-11-4-3-5-12-29;/h3-21H,1-2H3;/q-1;. The molecule has 0 spiro atoms. The zero-order chi connectivity index (χ0) is 24.9. The van der Waals surface area contributed by atoms with Crippen molar-refractivity contribution in [3.63, 3.8) is 0 Å². The van der Waals surface area contributed by atoms with Crippen LogP contribution in [0, 0.1) is 19.1 Å². The normalized spacial score (nSPS) is 11.2. The van der Waals surface area contributed by atoms with Gasteiger partial charge in [-0.1, -0.05) is 73.0 Å². The summed E-state index contributed by atoms with van der Waals surface area (Å²) in [6.45, 7) is 2.17. The summed E-state index contributed by atoms with van der Waals surface area (Å²) >= 11 is 0. The van der Waals surface area contributed by atoms with Crippen molar-refractivity contribution in [3.8, 4) is 28.2 Å². The molecule has 0 aliphatic heterocycles. The Bertz CT molecular complexity index is 1950. The van der Waals surface area contributed by atoms with Gasteiger partial charge in [-0.2, -0.15) is 29.3 Å². The number of nitrogens with zero attached hydrogens (tertiary/aromatic N) is 2. The molecule has 7 aromatic rings. The van der Waals surface area contributed by atoms with Crippen molar-refractivity contribution < 1.29 is 37.3 Å². The van der Waals surface area contributed by atoms with Crippen molar-refractivity contribution in [1.29, 1.82) is 0 Å². The maximum atomic E-state index is 3.79. The van der Waals surface area contributed by atoms with E-state index in [0.29, 0.717) is 0 Å². The maximum Gasteiger partial charge on any atom is 0.229 e. The molecule has 2 nitrogen and oxygen atoms in total. The predicted molar refractivity (Wildman–Crippen MR) is 153 cm³/mol. The summed E-state index contributed by atoms with van der Waals surface area (Å²) < 4.78 is 4.62. The second kappa shape index (κ2) is 9.95. The third-order valence-electron chi connectivity index (χ3n) is 7.35. The molecule has 6 aromatic carbocycles. The van der Waals surface area contributed by atoms with E-state index in [4.69, 9.17) is 0 Å². The molecular formula is C35H25N2Y-. The first-order valence-corrected chi connectivity index (χ1v) is 12.6. The zero-order valence-corrected chi connectivity index (χ0v) is 24.3. The third kappa shape index (κ3) is 4.00. The van der Waals surface area contributed by atoms with Crippen molar-refractivity contribution in [1.82, 2.24) is 4.57 Å². The average molecular weight is 563 g/mol. The predicted octanol–water partition coefficient (Wildman–Crippen LogP) is 8.00. The molecule has 0 atom stereocenters. The van der Waals surface area contributed by atoms with Crippen LogP contribution in [0.5, 0.6) is 0 Å². The summed E-state index contributed by atoms with van der Waals surface area (Å²) in [5, 5.41) is 4.86. The van der Waals surface area contributed by atoms with E-state index >= 15 is 0 Å². The van der Waals surface area contributed by atoms with E-state index in [1.807, 2.05) is 0 Å². The molecule has 1 aromatic heterocycles. The Kier molecular flexibility index (Phi) is 6.47. The number of aryl methyl sites for hydroxylation is 2. The van der Waals surface area contributed by atoms with Gasteiger partial charge in [0.05, 0.1) is 7.05 Å². The van der Waals surface area contributed by atoms with Crippen LogP contribution >= 0.6 is 0 Å². The van der Waals surface area contributed by atoms with E-state index in [-0.39, 0.29) is 32.7 Å². The molecule has 1 heterocycles. The van der Waals surface area contributed by atoms with Crippen LogP contribution in [0.15, 0.2) is 115 Å². The van der Waals surface area contributed by atoms with Crippen LogP contribution in [-0.4, -0.2) is 4.57 Å². The first-order chi connectivity index (χ1) is 18.2. The summed E-state index contributed by atoms with van der Waals surface area (Å²) in [4.78, 5) is 0. The van der Waals surface area contributed by atoms with Crippen molar-refractivity contribution in [2.24, 2.45) is 7.05 Å². The fourth-order valence-electron chi connectivity index (χ4n) is 5.48. The van der Waals surface area contributed by atoms with E-state index in [1.165, 1.54) is 32.8 Å². The van der Waals surface area contributed by atoms with Crippen LogP contribution in [0.2, 0.25) is 0 Å². The van der Waals surface area contributed by atoms with Crippen molar-refractivity contribution >= 4 is 32.6 Å². The van der Waals surface area contributed by atoms with Gasteiger partial charge in [0, 0.05) is 32.7 Å². The van der Waals surface area contributed by atoms with Crippen LogP contribution < -0.4 is 4.57 Å². The zero-order valence-electron chi connectivity index (χ0n) is 21.4. The molecule has 0 aliphatic rings. The topological polar surface area (TPSA) is 8.81 Å². The molecule has 1 radical (unpaired) electrons. The van der Waals surface area contributed by atoms with E-state index in [9.17, 15) is 0 Å². The molecule has 0 amide bonds. The van der Waals surface area contributed by atoms with Crippen LogP contribution in [0.3, 0.4) is 0 Å². The summed E-state index contributed by atoms with van der Waals surface area (Å²) in [5.41, 5.74) is 7.86. The molecule has 0 N–H and O–H groups in total. The Balaban J connectivity index is 0.00000264.